The van der Waals surface area contributed by atoms with Crippen molar-refractivity contribution in [1.82, 2.24) is 14.9 Å². The van der Waals surface area contributed by atoms with Gasteiger partial charge in [-0.2, -0.15) is 0 Å². The molecule has 10 nitrogen and oxygen atoms in total. The molecule has 1 fully saturated rings. The second kappa shape index (κ2) is 8.99. The number of anilines is 3. The summed E-state index contributed by atoms with van der Waals surface area (Å²) in [6, 6.07) is 4.29. The van der Waals surface area contributed by atoms with E-state index in [4.69, 9.17) is 4.74 Å². The van der Waals surface area contributed by atoms with E-state index in [-0.39, 0.29) is 29.6 Å². The smallest absolute Gasteiger partial charge is 0.409 e. The van der Waals surface area contributed by atoms with Crippen molar-refractivity contribution in [2.45, 2.75) is 6.92 Å². The predicted molar refractivity (Wildman–Crippen MR) is 107 cm³/mol. The number of hydrogen-bond donors (Lipinski definition) is 1. The van der Waals surface area contributed by atoms with Crippen molar-refractivity contribution in [2.75, 3.05) is 43.0 Å². The number of benzene rings is 1. The van der Waals surface area contributed by atoms with Crippen LogP contribution in [0.1, 0.15) is 6.92 Å². The molecule has 2 aromatic rings. The van der Waals surface area contributed by atoms with Crippen LogP contribution in [0.3, 0.4) is 0 Å². The van der Waals surface area contributed by atoms with Crippen LogP contribution in [-0.2, 0) is 4.74 Å². The number of nitrogens with zero attached hydrogens (tertiary/aromatic N) is 5. The van der Waals surface area contributed by atoms with Gasteiger partial charge < -0.3 is 19.9 Å². The van der Waals surface area contributed by atoms with E-state index in [1.165, 1.54) is 23.4 Å². The van der Waals surface area contributed by atoms with Gasteiger partial charge in [-0.3, -0.25) is 10.1 Å². The summed E-state index contributed by atoms with van der Waals surface area (Å²) in [5, 5.41) is 14.4. The van der Waals surface area contributed by atoms with Crippen LogP contribution in [0.25, 0.3) is 0 Å². The minimum Gasteiger partial charge on any atom is -0.450 e. The SMILES string of the molecule is CCOC(=O)N1CCN(c2ncnc(Nc3ccc(Br)cc3F)c2[N+](=O)[O-])CC1. The normalized spacial score (nSPS) is 13.9. The van der Waals surface area contributed by atoms with Gasteiger partial charge in [0.15, 0.2) is 0 Å². The number of nitrogens with one attached hydrogen (secondary N) is 1. The number of amides is 1. The van der Waals surface area contributed by atoms with Crippen LogP contribution in [0.15, 0.2) is 29.0 Å². The molecule has 1 N–H and O–H groups in total. The Kier molecular flexibility index (Phi) is 6.42. The second-order valence-corrected chi connectivity index (χ2v) is 6.99. The van der Waals surface area contributed by atoms with E-state index >= 15 is 0 Å². The van der Waals surface area contributed by atoms with Crippen molar-refractivity contribution in [1.29, 1.82) is 0 Å². The second-order valence-electron chi connectivity index (χ2n) is 6.07. The molecule has 1 aliphatic rings. The van der Waals surface area contributed by atoms with Crippen LogP contribution in [0, 0.1) is 15.9 Å². The van der Waals surface area contributed by atoms with Gasteiger partial charge in [0.2, 0.25) is 11.6 Å². The van der Waals surface area contributed by atoms with Crippen molar-refractivity contribution >= 4 is 45.0 Å². The molecule has 1 aromatic carbocycles. The number of rotatable bonds is 5. The van der Waals surface area contributed by atoms with E-state index < -0.39 is 16.8 Å². The van der Waals surface area contributed by atoms with Crippen LogP contribution in [0.5, 0.6) is 0 Å². The van der Waals surface area contributed by atoms with Gasteiger partial charge in [0.25, 0.3) is 0 Å². The molecule has 0 spiro atoms. The van der Waals surface area contributed by atoms with Gasteiger partial charge in [-0.15, -0.1) is 0 Å². The molecule has 12 heteroatoms. The topological polar surface area (TPSA) is 114 Å². The zero-order valence-corrected chi connectivity index (χ0v) is 17.1. The Morgan fingerprint density at radius 1 is 1.34 bits per heavy atom. The third-order valence-corrected chi connectivity index (χ3v) is 4.77. The maximum atomic E-state index is 14.1. The molecule has 154 valence electrons. The summed E-state index contributed by atoms with van der Waals surface area (Å²) in [5.41, 5.74) is -0.313. The molecule has 3 rings (SSSR count). The lowest BCUT2D eigenvalue weighted by Crippen LogP contribution is -2.49. The largest absolute Gasteiger partial charge is 0.450 e. The Morgan fingerprint density at radius 3 is 2.69 bits per heavy atom. The molecule has 1 aromatic heterocycles. The van der Waals surface area contributed by atoms with Crippen LogP contribution >= 0.6 is 15.9 Å². The molecular formula is C17H18BrFN6O4. The molecule has 1 saturated heterocycles. The highest BCUT2D eigenvalue weighted by atomic mass is 79.9. The van der Waals surface area contributed by atoms with E-state index in [2.05, 4.69) is 31.2 Å². The Labute approximate surface area is 174 Å². The molecule has 0 atom stereocenters. The van der Waals surface area contributed by atoms with Gasteiger partial charge in [0.05, 0.1) is 17.2 Å². The van der Waals surface area contributed by atoms with Crippen molar-refractivity contribution in [3.05, 3.63) is 44.9 Å². The molecule has 29 heavy (non-hydrogen) atoms. The van der Waals surface area contributed by atoms with Gasteiger partial charge >= 0.3 is 11.8 Å². The maximum Gasteiger partial charge on any atom is 0.409 e. The summed E-state index contributed by atoms with van der Waals surface area (Å²) < 4.78 is 19.7. The van der Waals surface area contributed by atoms with E-state index in [0.29, 0.717) is 30.7 Å². The highest BCUT2D eigenvalue weighted by molar-refractivity contribution is 9.10. The zero-order valence-electron chi connectivity index (χ0n) is 15.5. The first-order valence-corrected chi connectivity index (χ1v) is 9.58. The van der Waals surface area contributed by atoms with Crippen molar-refractivity contribution < 1.29 is 18.8 Å². The average Bonchev–Trinajstić information content (AvgIpc) is 2.70. The molecule has 1 amide bonds. The molecule has 0 radical (unpaired) electrons. The molecule has 0 bridgehead atoms. The lowest BCUT2D eigenvalue weighted by atomic mass is 10.2. The number of ether oxygens (including phenoxy) is 1. The van der Waals surface area contributed by atoms with E-state index in [0.717, 1.165) is 0 Å². The Balaban J connectivity index is 1.84. The Morgan fingerprint density at radius 2 is 2.07 bits per heavy atom. The summed E-state index contributed by atoms with van der Waals surface area (Å²) in [4.78, 5) is 34.2. The number of piperazine rings is 1. The minimum absolute atomic E-state index is 0.0491. The number of carbonyl (C=O) groups excluding carboxylic acids is 1. The lowest BCUT2D eigenvalue weighted by molar-refractivity contribution is -0.383. The number of halogens is 2. The molecule has 2 heterocycles. The van der Waals surface area contributed by atoms with Crippen LogP contribution in [-0.4, -0.2) is 58.7 Å². The molecular weight excluding hydrogens is 451 g/mol. The van der Waals surface area contributed by atoms with E-state index in [1.807, 2.05) is 0 Å². The third kappa shape index (κ3) is 4.70. The summed E-state index contributed by atoms with van der Waals surface area (Å²) in [5.74, 6) is -0.598. The van der Waals surface area contributed by atoms with Crippen molar-refractivity contribution in [3.8, 4) is 0 Å². The summed E-state index contributed by atoms with van der Waals surface area (Å²) in [6.07, 6.45) is 0.761. The van der Waals surface area contributed by atoms with Crippen molar-refractivity contribution in [3.63, 3.8) is 0 Å². The number of nitro groups is 1. The van der Waals surface area contributed by atoms with Gasteiger partial charge in [-0.05, 0) is 25.1 Å². The zero-order chi connectivity index (χ0) is 21.0. The Hall–Kier alpha value is -3.02. The summed E-state index contributed by atoms with van der Waals surface area (Å²) in [6.45, 7) is 3.35. The highest BCUT2D eigenvalue weighted by Crippen LogP contribution is 2.34. The predicted octanol–water partition coefficient (Wildman–Crippen LogP) is 3.31. The third-order valence-electron chi connectivity index (χ3n) is 4.27. The van der Waals surface area contributed by atoms with Gasteiger partial charge in [0, 0.05) is 30.7 Å². The first-order chi connectivity index (χ1) is 13.9. The fraction of sp³-hybridized carbons (Fsp3) is 0.353. The lowest BCUT2D eigenvalue weighted by Gasteiger charge is -2.34. The standard InChI is InChI=1S/C17H18BrFN6O4/c1-2-29-17(26)24-7-5-23(6-8-24)16-14(25(27)28)15(20-10-21-16)22-13-4-3-11(18)9-12(13)19/h3-4,9-10H,2,5-8H2,1H3,(H,20,21,22). The highest BCUT2D eigenvalue weighted by Gasteiger charge is 2.31. The Bertz CT molecular complexity index is 923. The van der Waals surface area contributed by atoms with Gasteiger partial charge in [0.1, 0.15) is 12.1 Å². The van der Waals surface area contributed by atoms with E-state index in [1.54, 1.807) is 17.9 Å². The van der Waals surface area contributed by atoms with Crippen LogP contribution in [0.2, 0.25) is 0 Å². The molecule has 0 unspecified atom stereocenters. The average molecular weight is 469 g/mol. The fourth-order valence-electron chi connectivity index (χ4n) is 2.89. The van der Waals surface area contributed by atoms with Crippen molar-refractivity contribution in [2.24, 2.45) is 0 Å². The number of aromatic nitrogens is 2. The van der Waals surface area contributed by atoms with Gasteiger partial charge in [-0.25, -0.2) is 19.2 Å². The van der Waals surface area contributed by atoms with Crippen LogP contribution < -0.4 is 10.2 Å². The first kappa shape index (κ1) is 20.7. The molecule has 0 aliphatic carbocycles. The summed E-state index contributed by atoms with van der Waals surface area (Å²) >= 11 is 3.16. The summed E-state index contributed by atoms with van der Waals surface area (Å²) in [7, 11) is 0. The first-order valence-electron chi connectivity index (χ1n) is 8.78. The van der Waals surface area contributed by atoms with E-state index in [9.17, 15) is 19.3 Å². The molecule has 1 aliphatic heterocycles. The molecule has 0 saturated carbocycles. The number of hydrogen-bond acceptors (Lipinski definition) is 8. The minimum atomic E-state index is -0.605. The fourth-order valence-corrected chi connectivity index (χ4v) is 3.23. The quantitative estimate of drug-likeness (QED) is 0.524. The number of carbonyl (C=O) groups is 1. The van der Waals surface area contributed by atoms with Gasteiger partial charge in [-0.1, -0.05) is 15.9 Å². The monoisotopic (exact) mass is 468 g/mol. The van der Waals surface area contributed by atoms with Crippen LogP contribution in [0.4, 0.5) is 32.2 Å². The maximum absolute atomic E-state index is 14.1.